The van der Waals surface area contributed by atoms with Gasteiger partial charge in [-0.25, -0.2) is 47.8 Å². The lowest BCUT2D eigenvalue weighted by molar-refractivity contribution is -0.151. The van der Waals surface area contributed by atoms with Gasteiger partial charge < -0.3 is 34.8 Å². The maximum atomic E-state index is 17.0. The second kappa shape index (κ2) is 17.0. The fraction of sp³-hybridized carbons (Fsp3) is 0.636. The molecule has 2 saturated heterocycles. The normalized spacial score (nSPS) is 31.6. The molecule has 10 atom stereocenters. The van der Waals surface area contributed by atoms with E-state index in [0.717, 1.165) is 6.33 Å². The van der Waals surface area contributed by atoms with E-state index in [0.29, 0.717) is 22.8 Å². The summed E-state index contributed by atoms with van der Waals surface area (Å²) >= 11 is 0.924. The molecule has 0 aromatic carbocycles. The van der Waals surface area contributed by atoms with Gasteiger partial charge in [-0.3, -0.25) is 27.7 Å². The average Bonchev–Trinajstić information content (AvgIpc) is 3.94. The molecule has 4 aromatic rings. The Hall–Kier alpha value is -3.54. The van der Waals surface area contributed by atoms with Gasteiger partial charge in [0.1, 0.15) is 60.0 Å². The van der Waals surface area contributed by atoms with Crippen LogP contribution in [0.5, 0.6) is 0 Å². The fourth-order valence-corrected chi connectivity index (χ4v) is 12.2. The minimum absolute atomic E-state index is 0.0113. The summed E-state index contributed by atoms with van der Waals surface area (Å²) in [6.07, 6.45) is -5.70. The van der Waals surface area contributed by atoms with Gasteiger partial charge in [-0.05, 0) is 48.0 Å². The quantitative estimate of drug-likeness (QED) is 0.124. The Labute approximate surface area is 349 Å². The molecule has 27 heteroatoms. The van der Waals surface area contributed by atoms with Crippen LogP contribution in [-0.4, -0.2) is 107 Å². The van der Waals surface area contributed by atoms with Crippen molar-refractivity contribution in [3.05, 3.63) is 25.3 Å². The predicted molar refractivity (Wildman–Crippen MR) is 213 cm³/mol. The maximum Gasteiger partial charge on any atom is 0.392 e. The maximum absolute atomic E-state index is 17.0. The Morgan fingerprint density at radius 3 is 1.82 bits per heavy atom. The molecule has 2 aliphatic heterocycles. The molecule has 3 fully saturated rings. The molecule has 0 bridgehead atoms. The number of nitrogens with two attached hydrogens (primary N) is 2. The molecule has 10 unspecified atom stereocenters. The number of esters is 2. The Bertz CT molecular complexity index is 2190. The number of carbonyl (C=O) groups excluding carboxylic acids is 2. The summed E-state index contributed by atoms with van der Waals surface area (Å²) in [5.74, 6) is -3.30. The zero-order chi connectivity index (χ0) is 43.4. The molecule has 328 valence electrons. The van der Waals surface area contributed by atoms with Crippen LogP contribution in [0.15, 0.2) is 25.3 Å². The van der Waals surface area contributed by atoms with Crippen LogP contribution in [0.2, 0.25) is 0 Å². The lowest BCUT2D eigenvalue weighted by Crippen LogP contribution is -2.35. The molecule has 4 N–H and O–H groups in total. The van der Waals surface area contributed by atoms with Gasteiger partial charge in [-0.2, -0.15) is 0 Å². The molecule has 0 amide bonds. The number of ether oxygens (including phenoxy) is 3. The van der Waals surface area contributed by atoms with E-state index in [1.165, 1.54) is 28.1 Å². The third-order valence-electron chi connectivity index (χ3n) is 9.73. The highest BCUT2D eigenvalue weighted by Crippen LogP contribution is 2.67. The Morgan fingerprint density at radius 1 is 0.767 bits per heavy atom. The van der Waals surface area contributed by atoms with Gasteiger partial charge in [-0.15, -0.1) is 0 Å². The first-order chi connectivity index (χ1) is 28.2. The van der Waals surface area contributed by atoms with Gasteiger partial charge in [0.25, 0.3) is 0 Å². The molecule has 1 aliphatic carbocycles. The highest BCUT2D eigenvalue weighted by molar-refractivity contribution is 8.55. The number of hydrogen-bond donors (Lipinski definition) is 2. The average molecular weight is 921 g/mol. The molecular weight excluding hydrogens is 876 g/mol. The van der Waals surface area contributed by atoms with Crippen LogP contribution in [0.25, 0.3) is 22.3 Å². The van der Waals surface area contributed by atoms with Crippen LogP contribution in [0.1, 0.15) is 60.2 Å². The number of aromatic nitrogens is 8. The van der Waals surface area contributed by atoms with Gasteiger partial charge in [-0.1, -0.05) is 0 Å². The number of halogens is 2. The number of carbonyl (C=O) groups is 2. The van der Waals surface area contributed by atoms with Gasteiger partial charge in [0.2, 0.25) is 0 Å². The summed E-state index contributed by atoms with van der Waals surface area (Å²) in [7, 11) is 0. The summed E-state index contributed by atoms with van der Waals surface area (Å²) < 4.78 is 107. The minimum atomic E-state index is -4.58. The number of nitrogen functional groups attached to an aromatic ring is 2. The third kappa shape index (κ3) is 9.14. The number of imidazole rings is 2. The summed E-state index contributed by atoms with van der Waals surface area (Å²) in [4.78, 5) is 50.0. The molecule has 3 aliphatic rings. The largest absolute Gasteiger partial charge is 0.454 e. The van der Waals surface area contributed by atoms with Gasteiger partial charge in [0.15, 0.2) is 35.3 Å². The van der Waals surface area contributed by atoms with Crippen molar-refractivity contribution in [2.24, 2.45) is 16.7 Å². The van der Waals surface area contributed by atoms with E-state index in [1.54, 1.807) is 41.5 Å². The molecule has 7 rings (SSSR count). The number of anilines is 2. The summed E-state index contributed by atoms with van der Waals surface area (Å²) in [6, 6.07) is -1.08. The molecule has 4 aromatic heterocycles. The third-order valence-corrected chi connectivity index (χ3v) is 16.4. The fourth-order valence-electron chi connectivity index (χ4n) is 6.54. The second-order valence-corrected chi connectivity index (χ2v) is 24.1. The Balaban J connectivity index is 1.24. The van der Waals surface area contributed by atoms with Crippen LogP contribution in [0.4, 0.5) is 20.4 Å². The van der Waals surface area contributed by atoms with Crippen LogP contribution < -0.4 is 11.5 Å². The number of rotatable bonds is 8. The van der Waals surface area contributed by atoms with Crippen molar-refractivity contribution >= 4 is 82.3 Å². The zero-order valence-corrected chi connectivity index (χ0v) is 36.6. The van der Waals surface area contributed by atoms with Crippen LogP contribution in [0, 0.1) is 16.7 Å². The number of hydrogen-bond acceptors (Lipinski definition) is 21. The highest BCUT2D eigenvalue weighted by atomic mass is 32.7. The standard InChI is InChI=1S/C33H44F2N10O11P2S2/c1-32(2,3)30(46)50-14-59-57(48)52-8-16-7-17(44-12-42-21-25(36)38-10-40-27(21)44)19(34)23(16)55-58(49,60-15-51-31(47)33(4,5)6)53-9-18-24(56-57)20(35)29(54-18)45-13-43-22-26(37)39-11-41-28(22)45/h10-13,16-20,23-24,29H,7-9,14-15H2,1-6H3,(H2,36,38,40)(H2,37,39,41). The monoisotopic (exact) mass is 920 g/mol. The van der Waals surface area contributed by atoms with E-state index in [-0.39, 0.29) is 40.4 Å². The summed E-state index contributed by atoms with van der Waals surface area (Å²) in [5.41, 5.74) is 10.8. The van der Waals surface area contributed by atoms with Crippen molar-refractivity contribution in [2.45, 2.75) is 90.9 Å². The van der Waals surface area contributed by atoms with Crippen molar-refractivity contribution in [1.29, 1.82) is 0 Å². The molecule has 21 nitrogen and oxygen atoms in total. The first-order valence-electron chi connectivity index (χ1n) is 18.5. The van der Waals surface area contributed by atoms with E-state index >= 15 is 8.78 Å². The lowest BCUT2D eigenvalue weighted by atomic mass is 9.98. The number of nitrogens with zero attached hydrogens (tertiary/aromatic N) is 8. The van der Waals surface area contributed by atoms with E-state index in [9.17, 15) is 18.7 Å². The number of fused-ring (bicyclic) bond motifs is 4. The Morgan fingerprint density at radius 2 is 1.27 bits per heavy atom. The SMILES string of the molecule is CC(C)(C)C(=O)OCSP1(=O)OCC2OC(n3cnc4c(N)ncnc43)C(F)C2OP(=O)(SCOC(=O)C(C)(C)C)OCC2CC(n3cnc4c(N)ncnc43)C(F)C2O1. The van der Waals surface area contributed by atoms with Crippen molar-refractivity contribution in [3.8, 4) is 0 Å². The first kappa shape index (κ1) is 44.5. The smallest absolute Gasteiger partial charge is 0.392 e. The van der Waals surface area contributed by atoms with E-state index in [4.69, 9.17) is 43.8 Å². The Kier molecular flexibility index (Phi) is 12.6. The highest BCUT2D eigenvalue weighted by Gasteiger charge is 2.55. The van der Waals surface area contributed by atoms with Gasteiger partial charge >= 0.3 is 25.5 Å². The molecule has 60 heavy (non-hydrogen) atoms. The second-order valence-electron chi connectivity index (χ2n) is 16.2. The molecule has 0 spiro atoms. The van der Waals surface area contributed by atoms with E-state index in [2.05, 4.69) is 29.9 Å². The van der Waals surface area contributed by atoms with Crippen molar-refractivity contribution in [1.82, 2.24) is 39.0 Å². The molecule has 6 heterocycles. The number of alkyl halides is 2. The van der Waals surface area contributed by atoms with E-state index < -0.39 is 110 Å². The molecule has 0 radical (unpaired) electrons. The lowest BCUT2D eigenvalue weighted by Gasteiger charge is -2.31. The van der Waals surface area contributed by atoms with Crippen LogP contribution in [-0.2, 0) is 51.0 Å². The summed E-state index contributed by atoms with van der Waals surface area (Å²) in [5, 5.41) is 0. The van der Waals surface area contributed by atoms with Crippen molar-refractivity contribution < 1.29 is 59.8 Å². The molecule has 1 saturated carbocycles. The van der Waals surface area contributed by atoms with Gasteiger partial charge in [0.05, 0.1) is 42.7 Å². The van der Waals surface area contributed by atoms with Crippen LogP contribution >= 0.6 is 36.4 Å². The summed E-state index contributed by atoms with van der Waals surface area (Å²) in [6.45, 7) is -0.741. The van der Waals surface area contributed by atoms with Crippen molar-refractivity contribution in [2.75, 3.05) is 36.6 Å². The van der Waals surface area contributed by atoms with E-state index in [1.807, 2.05) is 0 Å². The van der Waals surface area contributed by atoms with Gasteiger partial charge in [0, 0.05) is 28.7 Å². The minimum Gasteiger partial charge on any atom is -0.454 e. The zero-order valence-electron chi connectivity index (χ0n) is 33.2. The molecular formula is C33H44F2N10O11P2S2. The first-order valence-corrected chi connectivity index (χ1v) is 24.7. The van der Waals surface area contributed by atoms with Crippen LogP contribution in [0.3, 0.4) is 0 Å². The topological polar surface area (TPSA) is 272 Å². The van der Waals surface area contributed by atoms with Crippen molar-refractivity contribution in [3.63, 3.8) is 0 Å². The predicted octanol–water partition coefficient (Wildman–Crippen LogP) is 5.56.